The zero-order chi connectivity index (χ0) is 23.3. The van der Waals surface area contributed by atoms with Gasteiger partial charge in [-0.2, -0.15) is 10.2 Å². The van der Waals surface area contributed by atoms with Crippen LogP contribution in [0.1, 0.15) is 39.2 Å². The normalized spacial score (nSPS) is 30.8. The minimum atomic E-state index is -0.776. The van der Waals surface area contributed by atoms with Gasteiger partial charge in [-0.15, -0.1) is 0 Å². The lowest BCUT2D eigenvalue weighted by Crippen LogP contribution is -2.60. The summed E-state index contributed by atoms with van der Waals surface area (Å²) in [4.78, 5) is 15.5. The van der Waals surface area contributed by atoms with Gasteiger partial charge in [0.1, 0.15) is 11.4 Å². The van der Waals surface area contributed by atoms with E-state index in [2.05, 4.69) is 11.7 Å². The molecule has 3 aliphatic rings. The largest absolute Gasteiger partial charge is 0.401 e. The molecule has 0 spiro atoms. The summed E-state index contributed by atoms with van der Waals surface area (Å²) in [6.07, 6.45) is 4.50. The predicted molar refractivity (Wildman–Crippen MR) is 123 cm³/mol. The van der Waals surface area contributed by atoms with Crippen molar-refractivity contribution in [3.05, 3.63) is 65.1 Å². The molecule has 2 fully saturated rings. The SMILES string of the molecule is C=C1C=C(c2ccccc2F)N=NC2(C)[C@H]1CCC2(C)C(=O)N1CC(C(N)=C(C)C=N)C1. The van der Waals surface area contributed by atoms with E-state index in [0.29, 0.717) is 36.5 Å². The fraction of sp³-hybridized carbons (Fsp3) is 0.440. The summed E-state index contributed by atoms with van der Waals surface area (Å²) in [5.74, 6) is -0.292. The Bertz CT molecular complexity index is 1080. The number of hydrogen-bond acceptors (Lipinski definition) is 5. The standard InChI is InChI=1S/C25H30FN5O/c1-15-11-21(18-7-5-6-8-20(18)26)29-30-25(4)19(15)9-10-24(25,3)23(32)31-13-17(14-31)22(28)16(2)12-27/h5-8,11-12,17,19,27H,1,9-10,13-14,28H2,2-4H3/t19-,24?,25?/m0/s1. The molecule has 168 valence electrons. The van der Waals surface area contributed by atoms with E-state index in [1.54, 1.807) is 24.3 Å². The molecule has 7 heteroatoms. The fourth-order valence-electron chi connectivity index (χ4n) is 5.26. The van der Waals surface area contributed by atoms with Crippen LogP contribution in [0.2, 0.25) is 0 Å². The number of likely N-dealkylation sites (tertiary alicyclic amines) is 1. The molecule has 1 amide bonds. The van der Waals surface area contributed by atoms with Gasteiger partial charge in [0, 0.05) is 42.4 Å². The number of fused-ring (bicyclic) bond motifs is 1. The molecule has 1 saturated heterocycles. The zero-order valence-electron chi connectivity index (χ0n) is 18.9. The van der Waals surface area contributed by atoms with E-state index in [-0.39, 0.29) is 23.6 Å². The molecular weight excluding hydrogens is 405 g/mol. The molecule has 3 atom stereocenters. The molecule has 2 unspecified atom stereocenters. The summed E-state index contributed by atoms with van der Waals surface area (Å²) < 4.78 is 14.4. The highest BCUT2D eigenvalue weighted by molar-refractivity contribution is 5.86. The van der Waals surface area contributed by atoms with Crippen LogP contribution in [0.25, 0.3) is 5.70 Å². The highest BCUT2D eigenvalue weighted by Crippen LogP contribution is 2.57. The van der Waals surface area contributed by atoms with Gasteiger partial charge in [0.25, 0.3) is 0 Å². The van der Waals surface area contributed by atoms with E-state index in [1.807, 2.05) is 25.7 Å². The summed E-state index contributed by atoms with van der Waals surface area (Å²) >= 11 is 0. The van der Waals surface area contributed by atoms with Gasteiger partial charge in [-0.1, -0.05) is 18.7 Å². The van der Waals surface area contributed by atoms with Gasteiger partial charge in [0.05, 0.1) is 11.1 Å². The topological polar surface area (TPSA) is 94.9 Å². The molecule has 4 rings (SSSR count). The number of nitrogens with two attached hydrogens (primary N) is 1. The van der Waals surface area contributed by atoms with Crippen LogP contribution in [-0.4, -0.2) is 35.7 Å². The number of carbonyl (C=O) groups is 1. The molecule has 0 radical (unpaired) electrons. The van der Waals surface area contributed by atoms with Gasteiger partial charge >= 0.3 is 0 Å². The van der Waals surface area contributed by atoms with E-state index >= 15 is 0 Å². The third-order valence-electron chi connectivity index (χ3n) is 7.77. The lowest BCUT2D eigenvalue weighted by Gasteiger charge is -2.47. The molecule has 1 aromatic carbocycles. The van der Waals surface area contributed by atoms with Crippen molar-refractivity contribution in [1.29, 1.82) is 5.41 Å². The van der Waals surface area contributed by atoms with E-state index in [1.165, 1.54) is 12.3 Å². The number of halogens is 1. The average molecular weight is 436 g/mol. The van der Waals surface area contributed by atoms with Crippen molar-refractivity contribution in [1.82, 2.24) is 4.90 Å². The summed E-state index contributed by atoms with van der Waals surface area (Å²) in [6, 6.07) is 6.48. The Labute approximate surface area is 188 Å². The maximum Gasteiger partial charge on any atom is 0.231 e. The second-order valence-corrected chi connectivity index (χ2v) is 9.54. The van der Waals surface area contributed by atoms with E-state index in [9.17, 15) is 9.18 Å². The number of benzene rings is 1. The van der Waals surface area contributed by atoms with Crippen molar-refractivity contribution in [2.24, 2.45) is 33.2 Å². The number of allylic oxidation sites excluding steroid dienone is 2. The lowest BCUT2D eigenvalue weighted by molar-refractivity contribution is -0.150. The van der Waals surface area contributed by atoms with Crippen LogP contribution in [0.3, 0.4) is 0 Å². The fourth-order valence-corrected chi connectivity index (χ4v) is 5.26. The third kappa shape index (κ3) is 3.22. The second kappa shape index (κ2) is 7.80. The third-order valence-corrected chi connectivity index (χ3v) is 7.77. The van der Waals surface area contributed by atoms with Crippen molar-refractivity contribution >= 4 is 17.8 Å². The molecule has 0 aromatic heterocycles. The first-order chi connectivity index (χ1) is 15.1. The Morgan fingerprint density at radius 2 is 2.03 bits per heavy atom. The van der Waals surface area contributed by atoms with E-state index in [0.717, 1.165) is 17.6 Å². The zero-order valence-corrected chi connectivity index (χ0v) is 18.9. The Morgan fingerprint density at radius 1 is 1.34 bits per heavy atom. The van der Waals surface area contributed by atoms with Crippen molar-refractivity contribution in [3.8, 4) is 0 Å². The van der Waals surface area contributed by atoms with Crippen molar-refractivity contribution < 1.29 is 9.18 Å². The molecular formula is C25H30FN5O. The van der Waals surface area contributed by atoms with Crippen molar-refractivity contribution in [2.45, 2.75) is 39.2 Å². The number of carbonyl (C=O) groups excluding carboxylic acids is 1. The maximum atomic E-state index is 14.4. The first-order valence-corrected chi connectivity index (χ1v) is 11.0. The highest BCUT2D eigenvalue weighted by Gasteiger charge is 2.62. The highest BCUT2D eigenvalue weighted by atomic mass is 19.1. The van der Waals surface area contributed by atoms with Gasteiger partial charge in [-0.3, -0.25) is 4.79 Å². The Morgan fingerprint density at radius 3 is 2.69 bits per heavy atom. The Balaban J connectivity index is 1.61. The molecule has 1 saturated carbocycles. The molecule has 2 aliphatic heterocycles. The summed E-state index contributed by atoms with van der Waals surface area (Å²) in [6.45, 7) is 11.1. The Hall–Kier alpha value is -3.09. The van der Waals surface area contributed by atoms with Gasteiger partial charge < -0.3 is 16.0 Å². The number of nitrogens with one attached hydrogen (secondary N) is 1. The monoisotopic (exact) mass is 435 g/mol. The van der Waals surface area contributed by atoms with Crippen LogP contribution >= 0.6 is 0 Å². The van der Waals surface area contributed by atoms with Crippen LogP contribution in [0.5, 0.6) is 0 Å². The van der Waals surface area contributed by atoms with Crippen LogP contribution < -0.4 is 5.73 Å². The molecule has 1 aromatic rings. The number of amides is 1. The molecule has 6 nitrogen and oxygen atoms in total. The van der Waals surface area contributed by atoms with E-state index < -0.39 is 11.0 Å². The first-order valence-electron chi connectivity index (χ1n) is 11.0. The predicted octanol–water partition coefficient (Wildman–Crippen LogP) is 4.70. The summed E-state index contributed by atoms with van der Waals surface area (Å²) in [7, 11) is 0. The van der Waals surface area contributed by atoms with Crippen molar-refractivity contribution in [2.75, 3.05) is 13.1 Å². The van der Waals surface area contributed by atoms with Crippen LogP contribution in [0.4, 0.5) is 4.39 Å². The summed E-state index contributed by atoms with van der Waals surface area (Å²) in [5, 5.41) is 16.5. The van der Waals surface area contributed by atoms with Gasteiger partial charge in [0.2, 0.25) is 5.91 Å². The summed E-state index contributed by atoms with van der Waals surface area (Å²) in [5.41, 5.74) is 7.66. The lowest BCUT2D eigenvalue weighted by atomic mass is 9.68. The molecule has 32 heavy (non-hydrogen) atoms. The van der Waals surface area contributed by atoms with Crippen LogP contribution in [0.15, 0.2) is 64.0 Å². The number of hydrogen-bond donors (Lipinski definition) is 2. The van der Waals surface area contributed by atoms with Gasteiger partial charge in [-0.25, -0.2) is 4.39 Å². The Kier molecular flexibility index (Phi) is 5.39. The van der Waals surface area contributed by atoms with Gasteiger partial charge in [-0.05, 0) is 63.0 Å². The maximum absolute atomic E-state index is 14.4. The minimum absolute atomic E-state index is 0.0418. The molecule has 3 N–H and O–H groups in total. The van der Waals surface area contributed by atoms with Crippen LogP contribution in [0, 0.1) is 28.5 Å². The molecule has 1 aliphatic carbocycles. The quantitative estimate of drug-likeness (QED) is 0.671. The number of rotatable bonds is 4. The number of azo groups is 1. The molecule has 2 heterocycles. The molecule has 0 bridgehead atoms. The average Bonchev–Trinajstić information content (AvgIpc) is 2.93. The smallest absolute Gasteiger partial charge is 0.231 e. The van der Waals surface area contributed by atoms with E-state index in [4.69, 9.17) is 16.3 Å². The first kappa shape index (κ1) is 22.1. The number of nitrogens with zero attached hydrogens (tertiary/aromatic N) is 3. The van der Waals surface area contributed by atoms with Crippen LogP contribution in [-0.2, 0) is 4.79 Å². The van der Waals surface area contributed by atoms with Crippen molar-refractivity contribution in [3.63, 3.8) is 0 Å². The second-order valence-electron chi connectivity index (χ2n) is 9.54. The minimum Gasteiger partial charge on any atom is -0.401 e. The van der Waals surface area contributed by atoms with Gasteiger partial charge in [0.15, 0.2) is 0 Å².